The molecule has 0 bridgehead atoms. The molecule has 1 saturated heterocycles. The Balaban J connectivity index is 1.50. The van der Waals surface area contributed by atoms with Gasteiger partial charge in [-0.05, 0) is 37.0 Å². The molecule has 0 aliphatic carbocycles. The highest BCUT2D eigenvalue weighted by Gasteiger charge is 2.29. The number of rotatable bonds is 3. The summed E-state index contributed by atoms with van der Waals surface area (Å²) in [5, 5.41) is 0.833. The Labute approximate surface area is 204 Å². The third kappa shape index (κ3) is 4.57. The molecule has 170 valence electrons. The number of fused-ring (bicyclic) bond motifs is 1. The smallest absolute Gasteiger partial charge is 0.254 e. The summed E-state index contributed by atoms with van der Waals surface area (Å²) in [5.74, 6) is 2.40. The van der Waals surface area contributed by atoms with Crippen LogP contribution in [0.5, 0.6) is 0 Å². The highest BCUT2D eigenvalue weighted by molar-refractivity contribution is 6.42. The van der Waals surface area contributed by atoms with Crippen molar-refractivity contribution in [1.29, 1.82) is 0 Å². The number of carbonyl (C=O) groups is 1. The van der Waals surface area contributed by atoms with Crippen LogP contribution < -0.4 is 4.90 Å². The fourth-order valence-electron chi connectivity index (χ4n) is 4.58. The molecule has 5 nitrogen and oxygen atoms in total. The molecule has 7 heteroatoms. The minimum absolute atomic E-state index is 0.0513. The van der Waals surface area contributed by atoms with Gasteiger partial charge in [0.2, 0.25) is 0 Å². The van der Waals surface area contributed by atoms with Crippen molar-refractivity contribution in [2.45, 2.75) is 32.7 Å². The lowest BCUT2D eigenvalue weighted by molar-refractivity contribution is 0.0733. The molecule has 0 radical (unpaired) electrons. The molecule has 0 saturated carbocycles. The molecule has 0 unspecified atom stereocenters. The van der Waals surface area contributed by atoms with Gasteiger partial charge < -0.3 is 9.80 Å². The number of anilines is 1. The van der Waals surface area contributed by atoms with Crippen molar-refractivity contribution in [2.75, 3.05) is 24.5 Å². The van der Waals surface area contributed by atoms with E-state index in [0.29, 0.717) is 35.1 Å². The van der Waals surface area contributed by atoms with Gasteiger partial charge >= 0.3 is 0 Å². The van der Waals surface area contributed by atoms with Crippen LogP contribution in [0.3, 0.4) is 0 Å². The minimum atomic E-state index is -0.0513. The number of benzene rings is 2. The third-order valence-corrected chi connectivity index (χ3v) is 7.35. The number of piperidine rings is 1. The molecule has 1 fully saturated rings. The summed E-state index contributed by atoms with van der Waals surface area (Å²) in [6.07, 6.45) is 2.98. The van der Waals surface area contributed by atoms with Crippen LogP contribution in [0.2, 0.25) is 10.0 Å². The first-order valence-electron chi connectivity index (χ1n) is 11.4. The summed E-state index contributed by atoms with van der Waals surface area (Å²) in [4.78, 5) is 27.5. The van der Waals surface area contributed by atoms with E-state index in [4.69, 9.17) is 33.2 Å². The van der Waals surface area contributed by atoms with E-state index in [9.17, 15) is 4.79 Å². The average Bonchev–Trinajstić information content (AvgIpc) is 2.85. The summed E-state index contributed by atoms with van der Waals surface area (Å²) < 4.78 is 0. The first-order valence-corrected chi connectivity index (χ1v) is 12.2. The predicted molar refractivity (Wildman–Crippen MR) is 133 cm³/mol. The Morgan fingerprint density at radius 1 is 0.970 bits per heavy atom. The fourth-order valence-corrected chi connectivity index (χ4v) is 4.88. The highest BCUT2D eigenvalue weighted by Crippen LogP contribution is 2.33. The predicted octanol–water partition coefficient (Wildman–Crippen LogP) is 5.89. The number of carbonyl (C=O) groups excluding carboxylic acids is 1. The summed E-state index contributed by atoms with van der Waals surface area (Å²) in [7, 11) is 0. The fraction of sp³-hybridized carbons (Fsp3) is 0.346. The SMILES string of the molecule is CC1CCN(c2nc(-c3ccccc3)nc3c2CN(C(=O)c2ccc(Cl)c(Cl)c2)CC3)CC1. The molecule has 1 amide bonds. The van der Waals surface area contributed by atoms with E-state index >= 15 is 0 Å². The van der Waals surface area contributed by atoms with E-state index in [1.807, 2.05) is 35.2 Å². The van der Waals surface area contributed by atoms with Gasteiger partial charge in [-0.2, -0.15) is 0 Å². The van der Waals surface area contributed by atoms with Gasteiger partial charge in [0.15, 0.2) is 5.82 Å². The topological polar surface area (TPSA) is 49.3 Å². The first-order chi connectivity index (χ1) is 16.0. The Kier molecular flexibility index (Phi) is 6.26. The lowest BCUT2D eigenvalue weighted by atomic mass is 9.97. The Morgan fingerprint density at radius 2 is 1.73 bits per heavy atom. The van der Waals surface area contributed by atoms with Crippen molar-refractivity contribution in [2.24, 2.45) is 5.92 Å². The maximum atomic E-state index is 13.3. The summed E-state index contributed by atoms with van der Waals surface area (Å²) in [5.41, 5.74) is 3.66. The van der Waals surface area contributed by atoms with Crippen molar-refractivity contribution in [3.8, 4) is 11.4 Å². The average molecular weight is 481 g/mol. The maximum absolute atomic E-state index is 13.3. The van der Waals surface area contributed by atoms with Crippen molar-refractivity contribution in [3.63, 3.8) is 0 Å². The zero-order chi connectivity index (χ0) is 22.9. The van der Waals surface area contributed by atoms with Crippen molar-refractivity contribution in [3.05, 3.63) is 75.4 Å². The monoisotopic (exact) mass is 480 g/mol. The summed E-state index contributed by atoms with van der Waals surface area (Å²) in [6.45, 7) is 5.34. The molecule has 3 aromatic rings. The van der Waals surface area contributed by atoms with E-state index in [-0.39, 0.29) is 5.91 Å². The molecular weight excluding hydrogens is 455 g/mol. The molecule has 5 rings (SSSR count). The second-order valence-corrected chi connectivity index (χ2v) is 9.75. The van der Waals surface area contributed by atoms with Gasteiger partial charge in [0.05, 0.1) is 22.3 Å². The second kappa shape index (κ2) is 9.32. The van der Waals surface area contributed by atoms with Crippen LogP contribution in [0.1, 0.15) is 41.4 Å². The second-order valence-electron chi connectivity index (χ2n) is 8.94. The van der Waals surface area contributed by atoms with Gasteiger partial charge in [0.1, 0.15) is 5.82 Å². The molecular formula is C26H26Cl2N4O. The number of halogens is 2. The van der Waals surface area contributed by atoms with Gasteiger partial charge in [-0.1, -0.05) is 60.5 Å². The van der Waals surface area contributed by atoms with Crippen LogP contribution in [0.4, 0.5) is 5.82 Å². The van der Waals surface area contributed by atoms with E-state index in [2.05, 4.69) is 11.8 Å². The summed E-state index contributed by atoms with van der Waals surface area (Å²) >= 11 is 12.2. The maximum Gasteiger partial charge on any atom is 0.254 e. The molecule has 0 N–H and O–H groups in total. The van der Waals surface area contributed by atoms with Crippen molar-refractivity contribution in [1.82, 2.24) is 14.9 Å². The van der Waals surface area contributed by atoms with Crippen molar-refractivity contribution < 1.29 is 4.79 Å². The number of amides is 1. The van der Waals surface area contributed by atoms with Crippen LogP contribution in [-0.2, 0) is 13.0 Å². The van der Waals surface area contributed by atoms with E-state index in [1.54, 1.807) is 18.2 Å². The molecule has 33 heavy (non-hydrogen) atoms. The molecule has 0 spiro atoms. The molecule has 2 aromatic carbocycles. The summed E-state index contributed by atoms with van der Waals surface area (Å²) in [6, 6.07) is 15.2. The number of hydrogen-bond donors (Lipinski definition) is 0. The zero-order valence-electron chi connectivity index (χ0n) is 18.6. The van der Waals surface area contributed by atoms with Crippen LogP contribution >= 0.6 is 23.2 Å². The number of hydrogen-bond acceptors (Lipinski definition) is 4. The van der Waals surface area contributed by atoms with Gasteiger partial charge in [0, 0.05) is 42.7 Å². The Hall–Kier alpha value is -2.63. The van der Waals surface area contributed by atoms with Crippen LogP contribution in [0.15, 0.2) is 48.5 Å². The van der Waals surface area contributed by atoms with E-state index in [1.165, 1.54) is 0 Å². The van der Waals surface area contributed by atoms with Crippen LogP contribution in [-0.4, -0.2) is 40.4 Å². The number of nitrogens with zero attached hydrogens (tertiary/aromatic N) is 4. The van der Waals surface area contributed by atoms with E-state index in [0.717, 1.165) is 60.3 Å². The van der Waals surface area contributed by atoms with Gasteiger partial charge in [-0.25, -0.2) is 9.97 Å². The zero-order valence-corrected chi connectivity index (χ0v) is 20.1. The quantitative estimate of drug-likeness (QED) is 0.469. The normalized spacial score (nSPS) is 16.6. The highest BCUT2D eigenvalue weighted by atomic mass is 35.5. The van der Waals surface area contributed by atoms with Gasteiger partial charge in [-0.15, -0.1) is 0 Å². The molecule has 2 aliphatic heterocycles. The molecule has 1 aromatic heterocycles. The molecule has 3 heterocycles. The first kappa shape index (κ1) is 22.2. The largest absolute Gasteiger partial charge is 0.356 e. The van der Waals surface area contributed by atoms with Crippen LogP contribution in [0, 0.1) is 5.92 Å². The van der Waals surface area contributed by atoms with Gasteiger partial charge in [-0.3, -0.25) is 4.79 Å². The Morgan fingerprint density at radius 3 is 2.45 bits per heavy atom. The van der Waals surface area contributed by atoms with Crippen LogP contribution in [0.25, 0.3) is 11.4 Å². The minimum Gasteiger partial charge on any atom is -0.356 e. The molecule has 0 atom stereocenters. The Bertz CT molecular complexity index is 1180. The van der Waals surface area contributed by atoms with E-state index < -0.39 is 0 Å². The molecule has 2 aliphatic rings. The van der Waals surface area contributed by atoms with Crippen molar-refractivity contribution >= 4 is 34.9 Å². The number of aromatic nitrogens is 2. The standard InChI is InChI=1S/C26H26Cl2N4O/c1-17-9-12-31(13-10-17)25-20-16-32(26(33)19-7-8-21(27)22(28)15-19)14-11-23(20)29-24(30-25)18-5-3-2-4-6-18/h2-8,15,17H,9-14,16H2,1H3. The lowest BCUT2D eigenvalue weighted by Crippen LogP contribution is -2.40. The third-order valence-electron chi connectivity index (χ3n) is 6.61. The lowest BCUT2D eigenvalue weighted by Gasteiger charge is -2.36. The van der Waals surface area contributed by atoms with Gasteiger partial charge in [0.25, 0.3) is 5.91 Å².